The van der Waals surface area contributed by atoms with Crippen molar-refractivity contribution in [1.82, 2.24) is 14.4 Å². The third-order valence-electron chi connectivity index (χ3n) is 7.73. The zero-order valence-corrected chi connectivity index (χ0v) is 20.2. The van der Waals surface area contributed by atoms with Crippen molar-refractivity contribution in [3.63, 3.8) is 0 Å². The summed E-state index contributed by atoms with van der Waals surface area (Å²) in [6.07, 6.45) is 0. The van der Waals surface area contributed by atoms with Crippen LogP contribution in [0.4, 0.5) is 0 Å². The van der Waals surface area contributed by atoms with E-state index in [1.54, 1.807) is 0 Å². The molecule has 0 aliphatic carbocycles. The number of nitrogens with zero attached hydrogens (tertiary/aromatic N) is 3. The maximum absolute atomic E-state index is 6.32. The molecule has 38 heavy (non-hydrogen) atoms. The first-order valence-corrected chi connectivity index (χ1v) is 12.8. The Labute approximate surface area is 216 Å². The van der Waals surface area contributed by atoms with Gasteiger partial charge in [-0.15, -0.1) is 0 Å². The average molecular weight is 486 g/mol. The third kappa shape index (κ3) is 2.53. The fourth-order valence-corrected chi connectivity index (χ4v) is 6.09. The van der Waals surface area contributed by atoms with Crippen molar-refractivity contribution < 1.29 is 4.42 Å². The van der Waals surface area contributed by atoms with Crippen molar-refractivity contribution in [1.29, 1.82) is 0 Å². The minimum atomic E-state index is 0.697. The molecule has 4 nitrogen and oxygen atoms in total. The molecule has 4 heterocycles. The molecule has 0 saturated carbocycles. The molecular weight excluding hydrogens is 466 g/mol. The largest absolute Gasteiger partial charge is 0.452 e. The highest BCUT2D eigenvalue weighted by atomic mass is 16.3. The smallest absolute Gasteiger partial charge is 0.180 e. The Hall–Kier alpha value is -5.22. The molecule has 9 rings (SSSR count). The number of hydrogen-bond donors (Lipinski definition) is 0. The molecule has 0 fully saturated rings. The van der Waals surface area contributed by atoms with Crippen molar-refractivity contribution in [3.05, 3.63) is 115 Å². The Morgan fingerprint density at radius 1 is 0.526 bits per heavy atom. The molecule has 0 aliphatic rings. The van der Waals surface area contributed by atoms with Crippen LogP contribution in [-0.4, -0.2) is 14.4 Å². The second-order valence-corrected chi connectivity index (χ2v) is 9.83. The van der Waals surface area contributed by atoms with E-state index in [0.717, 1.165) is 33.3 Å². The van der Waals surface area contributed by atoms with Crippen LogP contribution in [0.2, 0.25) is 0 Å². The van der Waals surface area contributed by atoms with Gasteiger partial charge in [0.1, 0.15) is 16.8 Å². The standard InChI is InChI=1S/C34H19N3O/c1-2-10-20(11-3-1)30-33-31(24-14-6-9-17-29(24)38-33)36-34(35-30)21-18-25-22-12-4-7-15-27(22)37-28-16-8-5-13-23(28)26(19-21)32(25)37/h1-19H. The Bertz CT molecular complexity index is 2260. The monoisotopic (exact) mass is 485 g/mol. The molecule has 0 atom stereocenters. The summed E-state index contributed by atoms with van der Waals surface area (Å²) >= 11 is 0. The maximum atomic E-state index is 6.32. The molecule has 0 aliphatic heterocycles. The summed E-state index contributed by atoms with van der Waals surface area (Å²) in [6, 6.07) is 40.1. The molecule has 0 spiro atoms. The molecule has 0 bridgehead atoms. The topological polar surface area (TPSA) is 43.3 Å². The molecular formula is C34H19N3O. The van der Waals surface area contributed by atoms with Crippen molar-refractivity contribution in [2.45, 2.75) is 0 Å². The normalized spacial score (nSPS) is 12.2. The van der Waals surface area contributed by atoms with Gasteiger partial charge in [0, 0.05) is 38.1 Å². The van der Waals surface area contributed by atoms with Crippen LogP contribution in [0.25, 0.3) is 82.8 Å². The van der Waals surface area contributed by atoms with Crippen molar-refractivity contribution in [3.8, 4) is 22.6 Å². The Morgan fingerprint density at radius 3 is 1.84 bits per heavy atom. The van der Waals surface area contributed by atoms with Crippen LogP contribution < -0.4 is 0 Å². The van der Waals surface area contributed by atoms with E-state index in [9.17, 15) is 0 Å². The van der Waals surface area contributed by atoms with Gasteiger partial charge in [-0.2, -0.15) is 0 Å². The fourth-order valence-electron chi connectivity index (χ4n) is 6.09. The van der Waals surface area contributed by atoms with Gasteiger partial charge in [-0.1, -0.05) is 78.9 Å². The first kappa shape index (κ1) is 19.9. The minimum Gasteiger partial charge on any atom is -0.452 e. The summed E-state index contributed by atoms with van der Waals surface area (Å²) in [5.41, 5.74) is 8.86. The molecule has 0 N–H and O–H groups in total. The van der Waals surface area contributed by atoms with E-state index in [1.807, 2.05) is 36.4 Å². The summed E-state index contributed by atoms with van der Waals surface area (Å²) in [6.45, 7) is 0. The highest BCUT2D eigenvalue weighted by Gasteiger charge is 2.21. The number of para-hydroxylation sites is 3. The van der Waals surface area contributed by atoms with Gasteiger partial charge in [-0.05, 0) is 36.4 Å². The number of fused-ring (bicyclic) bond motifs is 9. The van der Waals surface area contributed by atoms with Crippen LogP contribution in [0.15, 0.2) is 120 Å². The van der Waals surface area contributed by atoms with Gasteiger partial charge in [-0.3, -0.25) is 0 Å². The van der Waals surface area contributed by atoms with Gasteiger partial charge in [0.15, 0.2) is 11.4 Å². The van der Waals surface area contributed by atoms with Gasteiger partial charge >= 0.3 is 0 Å². The maximum Gasteiger partial charge on any atom is 0.180 e. The fraction of sp³-hybridized carbons (Fsp3) is 0. The number of furan rings is 1. The lowest BCUT2D eigenvalue weighted by atomic mass is 10.0. The number of rotatable bonds is 2. The van der Waals surface area contributed by atoms with Gasteiger partial charge < -0.3 is 8.82 Å². The summed E-state index contributed by atoms with van der Waals surface area (Å²) in [7, 11) is 0. The highest BCUT2D eigenvalue weighted by molar-refractivity contribution is 6.24. The highest BCUT2D eigenvalue weighted by Crippen LogP contribution is 2.42. The third-order valence-corrected chi connectivity index (χ3v) is 7.73. The molecule has 4 aromatic heterocycles. The van der Waals surface area contributed by atoms with Gasteiger partial charge in [0.05, 0.1) is 16.6 Å². The molecule has 9 aromatic rings. The van der Waals surface area contributed by atoms with Crippen molar-refractivity contribution in [2.75, 3.05) is 0 Å². The zero-order chi connectivity index (χ0) is 24.8. The number of aromatic nitrogens is 3. The lowest BCUT2D eigenvalue weighted by molar-refractivity contribution is 0.667. The SMILES string of the molecule is c1ccc(-c2nc(-c3cc4c5ccccc5n5c6ccccc6c(c3)c45)nc3c2oc2ccccc23)cc1. The molecule has 0 radical (unpaired) electrons. The summed E-state index contributed by atoms with van der Waals surface area (Å²) in [5.74, 6) is 0.697. The quantitative estimate of drug-likeness (QED) is 0.246. The summed E-state index contributed by atoms with van der Waals surface area (Å²) in [5, 5.41) is 5.89. The Morgan fingerprint density at radius 2 is 1.13 bits per heavy atom. The van der Waals surface area contributed by atoms with Crippen LogP contribution in [0.5, 0.6) is 0 Å². The van der Waals surface area contributed by atoms with E-state index in [-0.39, 0.29) is 0 Å². The van der Waals surface area contributed by atoms with E-state index in [1.165, 1.54) is 38.1 Å². The molecule has 0 unspecified atom stereocenters. The van der Waals surface area contributed by atoms with E-state index in [2.05, 4.69) is 83.3 Å². The van der Waals surface area contributed by atoms with Crippen molar-refractivity contribution >= 4 is 60.2 Å². The van der Waals surface area contributed by atoms with Gasteiger partial charge in [0.25, 0.3) is 0 Å². The lowest BCUT2D eigenvalue weighted by Crippen LogP contribution is -1.94. The number of hydrogen-bond acceptors (Lipinski definition) is 3. The molecule has 4 heteroatoms. The van der Waals surface area contributed by atoms with E-state index < -0.39 is 0 Å². The van der Waals surface area contributed by atoms with Crippen LogP contribution in [-0.2, 0) is 0 Å². The van der Waals surface area contributed by atoms with Gasteiger partial charge in [-0.25, -0.2) is 9.97 Å². The van der Waals surface area contributed by atoms with Crippen molar-refractivity contribution in [2.24, 2.45) is 0 Å². The van der Waals surface area contributed by atoms with Crippen LogP contribution in [0.3, 0.4) is 0 Å². The Balaban J connectivity index is 1.44. The van der Waals surface area contributed by atoms with Crippen LogP contribution in [0.1, 0.15) is 0 Å². The molecule has 0 saturated heterocycles. The summed E-state index contributed by atoms with van der Waals surface area (Å²) < 4.78 is 8.71. The van der Waals surface area contributed by atoms with E-state index in [4.69, 9.17) is 14.4 Å². The molecule has 0 amide bonds. The second kappa shape index (κ2) is 7.17. The number of benzene rings is 5. The van der Waals surface area contributed by atoms with E-state index >= 15 is 0 Å². The molecule has 176 valence electrons. The van der Waals surface area contributed by atoms with Gasteiger partial charge in [0.2, 0.25) is 0 Å². The van der Waals surface area contributed by atoms with E-state index in [0.29, 0.717) is 11.4 Å². The predicted molar refractivity (Wildman–Crippen MR) is 155 cm³/mol. The van der Waals surface area contributed by atoms with Crippen LogP contribution in [0, 0.1) is 0 Å². The second-order valence-electron chi connectivity index (χ2n) is 9.83. The first-order chi connectivity index (χ1) is 18.8. The van der Waals surface area contributed by atoms with Crippen LogP contribution >= 0.6 is 0 Å². The predicted octanol–water partition coefficient (Wildman–Crippen LogP) is 8.86. The lowest BCUT2D eigenvalue weighted by Gasteiger charge is -2.07. The average Bonchev–Trinajstić information content (AvgIpc) is 3.64. The Kier molecular flexibility index (Phi) is 3.76. The first-order valence-electron chi connectivity index (χ1n) is 12.8. The molecule has 5 aromatic carbocycles. The minimum absolute atomic E-state index is 0.697. The zero-order valence-electron chi connectivity index (χ0n) is 20.2. The summed E-state index contributed by atoms with van der Waals surface area (Å²) in [4.78, 5) is 10.3.